The first-order valence-electron chi connectivity index (χ1n) is 11.4. The number of nitrogens with one attached hydrogen (secondary N) is 2. The first-order chi connectivity index (χ1) is 16.9. The molecule has 5 nitrogen and oxygen atoms in total. The van der Waals surface area contributed by atoms with Crippen LogP contribution in [0.15, 0.2) is 84.9 Å². The van der Waals surface area contributed by atoms with Crippen molar-refractivity contribution in [2.75, 3.05) is 5.32 Å². The molecule has 1 spiro atoms. The topological polar surface area (TPSA) is 99.2 Å². The van der Waals surface area contributed by atoms with Crippen molar-refractivity contribution in [2.45, 2.75) is 17.8 Å². The molecule has 1 heterocycles. The second kappa shape index (κ2) is 7.53. The summed E-state index contributed by atoms with van der Waals surface area (Å²) in [7, 11) is 0. The molecule has 172 valence electrons. The highest BCUT2D eigenvalue weighted by Gasteiger charge is 2.65. The van der Waals surface area contributed by atoms with Crippen molar-refractivity contribution in [3.63, 3.8) is 0 Å². The van der Waals surface area contributed by atoms with Gasteiger partial charge in [-0.2, -0.15) is 0 Å². The van der Waals surface area contributed by atoms with Crippen molar-refractivity contribution < 1.29 is 14.3 Å². The maximum atomic E-state index is 15.2. The number of carbonyl (C=O) groups is 1. The molecule has 6 rings (SSSR count). The van der Waals surface area contributed by atoms with E-state index in [2.05, 4.69) is 5.32 Å². The quantitative estimate of drug-likeness (QED) is 0.237. The number of nitrogens with two attached hydrogens (primary N) is 1. The van der Waals surface area contributed by atoms with Crippen molar-refractivity contribution in [3.05, 3.63) is 107 Å². The summed E-state index contributed by atoms with van der Waals surface area (Å²) in [6, 6.07) is 25.0. The molecule has 1 amide bonds. The number of halogens is 1. The average Bonchev–Trinajstić information content (AvgIpc) is 3.56. The molecular weight excluding hydrogens is 441 g/mol. The van der Waals surface area contributed by atoms with E-state index in [1.807, 2.05) is 54.6 Å². The lowest BCUT2D eigenvalue weighted by atomic mass is 9.89. The van der Waals surface area contributed by atoms with Gasteiger partial charge >= 0.3 is 0 Å². The monoisotopic (exact) mass is 463 g/mol. The molecule has 1 saturated carbocycles. The van der Waals surface area contributed by atoms with E-state index in [-0.39, 0.29) is 23.4 Å². The van der Waals surface area contributed by atoms with Crippen LogP contribution in [0.5, 0.6) is 5.75 Å². The minimum Gasteiger partial charge on any atom is -0.507 e. The first kappa shape index (κ1) is 21.1. The van der Waals surface area contributed by atoms with Crippen LogP contribution in [0.4, 0.5) is 10.1 Å². The van der Waals surface area contributed by atoms with Crippen molar-refractivity contribution in [2.24, 2.45) is 5.73 Å². The molecule has 35 heavy (non-hydrogen) atoms. The smallest absolute Gasteiger partial charge is 0.235 e. The zero-order valence-corrected chi connectivity index (χ0v) is 18.7. The van der Waals surface area contributed by atoms with Crippen molar-refractivity contribution in [3.8, 4) is 28.0 Å². The van der Waals surface area contributed by atoms with Gasteiger partial charge in [-0.25, -0.2) is 4.39 Å². The van der Waals surface area contributed by atoms with E-state index in [1.54, 1.807) is 24.3 Å². The molecular formula is C29H22FN3O2. The maximum absolute atomic E-state index is 15.2. The van der Waals surface area contributed by atoms with Gasteiger partial charge in [-0.1, -0.05) is 60.7 Å². The number of aromatic hydroxyl groups is 1. The molecule has 0 radical (unpaired) electrons. The number of nitrogen functional groups attached to an aromatic ring is 1. The number of hydrogen-bond acceptors (Lipinski definition) is 3. The number of fused-ring (bicyclic) bond motifs is 2. The molecule has 0 aromatic heterocycles. The van der Waals surface area contributed by atoms with Gasteiger partial charge in [0, 0.05) is 28.3 Å². The maximum Gasteiger partial charge on any atom is 0.235 e. The van der Waals surface area contributed by atoms with E-state index in [4.69, 9.17) is 11.1 Å². The predicted octanol–water partition coefficient (Wildman–Crippen LogP) is 5.53. The number of para-hydroxylation sites is 1. The Bertz CT molecular complexity index is 1530. The fourth-order valence-electron chi connectivity index (χ4n) is 5.31. The van der Waals surface area contributed by atoms with Gasteiger partial charge in [0.15, 0.2) is 0 Å². The van der Waals surface area contributed by atoms with Crippen LogP contribution in [0.3, 0.4) is 0 Å². The van der Waals surface area contributed by atoms with Crippen LogP contribution in [-0.4, -0.2) is 16.8 Å². The van der Waals surface area contributed by atoms with Crippen molar-refractivity contribution in [1.82, 2.24) is 0 Å². The zero-order valence-electron chi connectivity index (χ0n) is 18.7. The summed E-state index contributed by atoms with van der Waals surface area (Å²) < 4.78 is 15.2. The Balaban J connectivity index is 1.38. The van der Waals surface area contributed by atoms with Crippen LogP contribution in [0.2, 0.25) is 0 Å². The fraction of sp³-hybridized carbons (Fsp3) is 0.103. The molecule has 1 aliphatic heterocycles. The van der Waals surface area contributed by atoms with E-state index >= 15 is 4.39 Å². The van der Waals surface area contributed by atoms with Crippen LogP contribution in [0.25, 0.3) is 22.3 Å². The minimum atomic E-state index is -0.747. The molecule has 0 saturated heterocycles. The molecule has 1 aliphatic carbocycles. The molecule has 5 N–H and O–H groups in total. The molecule has 2 atom stereocenters. The second-order valence-electron chi connectivity index (χ2n) is 9.19. The number of anilines is 1. The third-order valence-electron chi connectivity index (χ3n) is 7.21. The number of amidine groups is 1. The third kappa shape index (κ3) is 3.21. The summed E-state index contributed by atoms with van der Waals surface area (Å²) >= 11 is 0. The SMILES string of the molecule is N=C(N)c1cccc(C2CC23C(=O)Nc2cc(F)c(-c4ccc(-c5ccccc5O)cc4)cc23)c1. The van der Waals surface area contributed by atoms with Gasteiger partial charge in [-0.15, -0.1) is 0 Å². The van der Waals surface area contributed by atoms with Gasteiger partial charge in [0.1, 0.15) is 17.4 Å². The summed E-state index contributed by atoms with van der Waals surface area (Å²) in [5.74, 6) is -0.437. The lowest BCUT2D eigenvalue weighted by Crippen LogP contribution is -2.21. The Labute approximate surface area is 201 Å². The van der Waals surface area contributed by atoms with Gasteiger partial charge in [0.25, 0.3) is 0 Å². The van der Waals surface area contributed by atoms with Gasteiger partial charge in [-0.05, 0) is 52.9 Å². The van der Waals surface area contributed by atoms with Crippen LogP contribution in [0, 0.1) is 11.2 Å². The second-order valence-corrected chi connectivity index (χ2v) is 9.19. The minimum absolute atomic E-state index is 0.0190. The number of carbonyl (C=O) groups excluding carboxylic acids is 1. The third-order valence-corrected chi connectivity index (χ3v) is 7.21. The van der Waals surface area contributed by atoms with E-state index < -0.39 is 11.2 Å². The standard InChI is InChI=1S/C29H22FN3O2/c30-24-14-25-22(13-21(24)17-10-8-16(9-11-17)20-6-1-2-7-26(20)34)29(28(35)33-25)15-23(29)18-4-3-5-19(12-18)27(31)32/h1-14,23,34H,15H2,(H3,31,32)(H,33,35). The Kier molecular flexibility index (Phi) is 4.54. The summed E-state index contributed by atoms with van der Waals surface area (Å²) in [6.45, 7) is 0. The molecule has 2 unspecified atom stereocenters. The largest absolute Gasteiger partial charge is 0.507 e. The van der Waals surface area contributed by atoms with Crippen LogP contribution < -0.4 is 11.1 Å². The molecule has 0 bridgehead atoms. The number of benzene rings is 4. The summed E-state index contributed by atoms with van der Waals surface area (Å²) in [6.07, 6.45) is 0.616. The van der Waals surface area contributed by atoms with E-state index in [0.717, 1.165) is 16.7 Å². The number of rotatable bonds is 4. The van der Waals surface area contributed by atoms with Crippen LogP contribution in [0.1, 0.15) is 29.0 Å². The summed E-state index contributed by atoms with van der Waals surface area (Å²) in [5.41, 5.74) is 10.4. The van der Waals surface area contributed by atoms with Crippen molar-refractivity contribution >= 4 is 17.4 Å². The predicted molar refractivity (Wildman–Crippen MR) is 134 cm³/mol. The fourth-order valence-corrected chi connectivity index (χ4v) is 5.31. The number of hydrogen-bond donors (Lipinski definition) is 4. The number of phenolic OH excluding ortho intramolecular Hbond substituents is 1. The van der Waals surface area contributed by atoms with E-state index in [9.17, 15) is 9.90 Å². The normalized spacial score (nSPS) is 19.9. The van der Waals surface area contributed by atoms with Gasteiger partial charge in [0.2, 0.25) is 5.91 Å². The Hall–Kier alpha value is -4.45. The van der Waals surface area contributed by atoms with Gasteiger partial charge in [0.05, 0.1) is 5.41 Å². The number of amides is 1. The first-order valence-corrected chi connectivity index (χ1v) is 11.4. The molecule has 2 aliphatic rings. The van der Waals surface area contributed by atoms with E-state index in [1.165, 1.54) is 6.07 Å². The Morgan fingerprint density at radius 3 is 2.40 bits per heavy atom. The molecule has 4 aromatic carbocycles. The van der Waals surface area contributed by atoms with Crippen LogP contribution >= 0.6 is 0 Å². The highest BCUT2D eigenvalue weighted by molar-refractivity contribution is 6.10. The summed E-state index contributed by atoms with van der Waals surface area (Å²) in [4.78, 5) is 13.1. The molecule has 6 heteroatoms. The highest BCUT2D eigenvalue weighted by Crippen LogP contribution is 2.65. The lowest BCUT2D eigenvalue weighted by Gasteiger charge is -2.13. The van der Waals surface area contributed by atoms with E-state index in [0.29, 0.717) is 34.4 Å². The lowest BCUT2D eigenvalue weighted by molar-refractivity contribution is -0.118. The Morgan fingerprint density at radius 2 is 1.69 bits per heavy atom. The van der Waals surface area contributed by atoms with Gasteiger partial charge < -0.3 is 16.2 Å². The average molecular weight is 464 g/mol. The van der Waals surface area contributed by atoms with Crippen LogP contribution in [-0.2, 0) is 10.2 Å². The summed E-state index contributed by atoms with van der Waals surface area (Å²) in [5, 5.41) is 20.7. The molecule has 4 aromatic rings. The Morgan fingerprint density at radius 1 is 0.971 bits per heavy atom. The molecule has 1 fully saturated rings. The van der Waals surface area contributed by atoms with Crippen molar-refractivity contribution in [1.29, 1.82) is 5.41 Å². The zero-order chi connectivity index (χ0) is 24.3. The van der Waals surface area contributed by atoms with Gasteiger partial charge in [-0.3, -0.25) is 10.2 Å². The number of phenols is 1. The highest BCUT2D eigenvalue weighted by atomic mass is 19.1.